The van der Waals surface area contributed by atoms with Crippen molar-refractivity contribution in [2.24, 2.45) is 0 Å². The van der Waals surface area contributed by atoms with E-state index in [9.17, 15) is 15.1 Å². The van der Waals surface area contributed by atoms with Crippen molar-refractivity contribution in [1.29, 1.82) is 0 Å². The van der Waals surface area contributed by atoms with E-state index in [2.05, 4.69) is 0 Å². The van der Waals surface area contributed by atoms with Crippen LogP contribution in [0.1, 0.15) is 50.9 Å². The Bertz CT molecular complexity index is 4810. The van der Waals surface area contributed by atoms with Gasteiger partial charge in [0.05, 0.1) is 39.8 Å². The topological polar surface area (TPSA) is 13.1 Å². The van der Waals surface area contributed by atoms with Crippen molar-refractivity contribution in [3.8, 4) is 22.3 Å². The van der Waals surface area contributed by atoms with Crippen LogP contribution in [0.2, 0.25) is 0 Å². The summed E-state index contributed by atoms with van der Waals surface area (Å²) in [6.07, 6.45) is -0.992. The Morgan fingerprint density at radius 1 is 0.423 bits per heavy atom. The average Bonchev–Trinajstić information content (AvgIpc) is 3.49. The summed E-state index contributed by atoms with van der Waals surface area (Å²) >= 11 is 0. The summed E-state index contributed by atoms with van der Waals surface area (Å²) in [6.45, 7) is 0. The molecule has 242 valence electrons. The molecule has 0 atom stereocenters. The quantitative estimate of drug-likeness (QED) is 0.132. The first-order valence-corrected chi connectivity index (χ1v) is 15.7. The van der Waals surface area contributed by atoms with E-state index in [1.54, 1.807) is 0 Å². The second-order valence-electron chi connectivity index (χ2n) is 11.7. The van der Waals surface area contributed by atoms with Crippen LogP contribution in [-0.4, -0.2) is 0 Å². The number of fused-ring (bicyclic) bond motifs is 10. The Hall–Kier alpha value is -6.70. The number of hydrogen-bond acceptors (Lipinski definition) is 1. The van der Waals surface area contributed by atoms with E-state index in [4.69, 9.17) is 29.1 Å². The van der Waals surface area contributed by atoms with Crippen molar-refractivity contribution in [2.45, 2.75) is 6.42 Å². The zero-order chi connectivity index (χ0) is 59.4. The maximum Gasteiger partial charge on any atom is 0.143 e. The Labute approximate surface area is 341 Å². The molecule has 1 nitrogen and oxygen atoms in total. The molecule has 0 saturated heterocycles. The van der Waals surface area contributed by atoms with Crippen LogP contribution in [-0.2, 0) is 6.42 Å². The fourth-order valence-electron chi connectivity index (χ4n) is 6.78. The molecular weight excluding hydrogens is 629 g/mol. The van der Waals surface area contributed by atoms with E-state index < -0.39 is 285 Å². The minimum Gasteiger partial charge on any atom is -0.455 e. The van der Waals surface area contributed by atoms with Crippen LogP contribution in [0.5, 0.6) is 0 Å². The van der Waals surface area contributed by atoms with Gasteiger partial charge in [-0.25, -0.2) is 0 Å². The largest absolute Gasteiger partial charge is 0.455 e. The molecule has 0 spiro atoms. The van der Waals surface area contributed by atoms with E-state index in [-0.39, 0.29) is 5.39 Å². The summed E-state index contributed by atoms with van der Waals surface area (Å²) in [5, 5.41) is -5.99. The summed E-state index contributed by atoms with van der Waals surface area (Å²) in [6, 6.07) is -23.5. The van der Waals surface area contributed by atoms with Gasteiger partial charge in [0.1, 0.15) is 11.2 Å². The molecule has 0 bridgehead atoms. The van der Waals surface area contributed by atoms with Gasteiger partial charge in [0.25, 0.3) is 0 Å². The predicted octanol–water partition coefficient (Wildman–Crippen LogP) is 14.3. The third kappa shape index (κ3) is 4.36. The smallest absolute Gasteiger partial charge is 0.143 e. The van der Waals surface area contributed by atoms with Crippen molar-refractivity contribution in [1.82, 2.24) is 0 Å². The Morgan fingerprint density at radius 3 is 1.87 bits per heavy atom. The molecule has 1 aromatic heterocycles. The summed E-state index contributed by atoms with van der Waals surface area (Å²) in [7, 11) is 0. The lowest BCUT2D eigenvalue weighted by molar-refractivity contribution is 0.673. The third-order valence-corrected chi connectivity index (χ3v) is 8.96. The van der Waals surface area contributed by atoms with E-state index >= 15 is 0 Å². The van der Waals surface area contributed by atoms with Gasteiger partial charge in [0, 0.05) is 16.2 Å². The molecular formula is C51H32O. The Kier molecular flexibility index (Phi) is 2.75. The summed E-state index contributed by atoms with van der Waals surface area (Å²) < 4.78 is 269. The molecule has 52 heavy (non-hydrogen) atoms. The van der Waals surface area contributed by atoms with Gasteiger partial charge in [-0.2, -0.15) is 0 Å². The molecule has 0 amide bonds. The minimum absolute atomic E-state index is 0.271. The van der Waals surface area contributed by atoms with Gasteiger partial charge >= 0.3 is 0 Å². The fraction of sp³-hybridized carbons (Fsp3) is 0.0196. The van der Waals surface area contributed by atoms with Crippen LogP contribution in [0.4, 0.5) is 0 Å². The molecule has 11 aromatic rings. The van der Waals surface area contributed by atoms with E-state index in [1.165, 1.54) is 0 Å². The molecule has 0 radical (unpaired) electrons. The molecule has 0 aliphatic carbocycles. The highest BCUT2D eigenvalue weighted by atomic mass is 16.3. The molecule has 10 aromatic carbocycles. The van der Waals surface area contributed by atoms with Crippen molar-refractivity contribution >= 4 is 75.8 Å². The van der Waals surface area contributed by atoms with E-state index in [1.807, 2.05) is 0 Å². The van der Waals surface area contributed by atoms with Gasteiger partial charge in [0.2, 0.25) is 0 Å². The Morgan fingerprint density at radius 2 is 1.04 bits per heavy atom. The average molecular weight is 690 g/mol. The molecule has 0 unspecified atom stereocenters. The molecule has 11 rings (SSSR count). The number of rotatable bonds is 4. The molecule has 0 N–H and O–H groups in total. The number of hydrogen-bond donors (Lipinski definition) is 0. The lowest BCUT2D eigenvalue weighted by atomic mass is 9.85. The SMILES string of the molecule is [2H]c1cc2c(c([2H])c1[2H])c([2H])c([2H])c1c([2H])c([2H])c([2H])c(-c3c([2H])c([2H])c([2H])c(Cc4c5c([2H])c([2H])c([2H])c([2H])c5c(-c5c([2H])c([2H])c([2H])c6oc7c8c([2H])c([2H])c([2H])c([2H])c8c([2H])c([2H])c7c56)c5c([2H])c([2H])c([2H])c([2H])c45)c3[2H])c12. The highest BCUT2D eigenvalue weighted by Gasteiger charge is 2.20. The zero-order valence-corrected chi connectivity index (χ0v) is 26.2. The van der Waals surface area contributed by atoms with E-state index in [0.29, 0.717) is 0 Å². The molecule has 1 heterocycles. The van der Waals surface area contributed by atoms with Crippen molar-refractivity contribution < 1.29 is 44.2 Å². The highest BCUT2D eigenvalue weighted by molar-refractivity contribution is 6.24. The minimum atomic E-state index is -0.992. The van der Waals surface area contributed by atoms with Crippen molar-refractivity contribution in [2.75, 3.05) is 0 Å². The lowest BCUT2D eigenvalue weighted by Gasteiger charge is -2.18. The first-order valence-electron chi connectivity index (χ1n) is 30.2. The van der Waals surface area contributed by atoms with Crippen LogP contribution in [0, 0.1) is 0 Å². The first-order chi connectivity index (χ1) is 37.9. The maximum atomic E-state index is 9.88. The third-order valence-electron chi connectivity index (χ3n) is 8.96. The van der Waals surface area contributed by atoms with Gasteiger partial charge in [-0.05, 0) is 100 Å². The molecule has 0 fully saturated rings. The van der Waals surface area contributed by atoms with Gasteiger partial charge < -0.3 is 4.42 Å². The van der Waals surface area contributed by atoms with Crippen LogP contribution in [0.15, 0.2) is 186 Å². The second-order valence-corrected chi connectivity index (χ2v) is 11.7. The summed E-state index contributed by atoms with van der Waals surface area (Å²) in [5.74, 6) is 0. The lowest BCUT2D eigenvalue weighted by Crippen LogP contribution is -1.96. The van der Waals surface area contributed by atoms with Gasteiger partial charge in [-0.3, -0.25) is 0 Å². The normalized spacial score (nSPS) is 19.7. The summed E-state index contributed by atoms with van der Waals surface area (Å²) in [5.41, 5.74) is -4.84. The predicted molar refractivity (Wildman–Crippen MR) is 221 cm³/mol. The highest BCUT2D eigenvalue weighted by Crippen LogP contribution is 2.46. The standard InChI is InChI=1S/C51H32O/c1-3-17-37-33(13-1)26-27-35-15-10-23-38(48(35)37)36-16-9-12-32(30-36)31-46-40-19-5-7-21-42(40)49(43-22-8-6-20-41(43)46)44-24-11-25-47-50(44)45-29-28-34-14-2-4-18-39(34)51(45)52-47/h1-30H,31H2/i1D,2D,3D,4D,5D,6D,7D,8D,9D,10D,11D,12D,13D,14D,15D,16D,18D,19D,20D,21D,22D,23D,24D,25D,26D,27D,28D,29D,30D. The van der Waals surface area contributed by atoms with E-state index in [0.717, 1.165) is 6.07 Å². The van der Waals surface area contributed by atoms with Gasteiger partial charge in [0.15, 0.2) is 0 Å². The van der Waals surface area contributed by atoms with Gasteiger partial charge in [-0.1, -0.05) is 169 Å². The second kappa shape index (κ2) is 11.4. The molecule has 1 heteroatoms. The Balaban J connectivity index is 1.36. The molecule has 0 saturated carbocycles. The van der Waals surface area contributed by atoms with Crippen LogP contribution >= 0.6 is 0 Å². The van der Waals surface area contributed by atoms with Crippen LogP contribution < -0.4 is 0 Å². The zero-order valence-electron chi connectivity index (χ0n) is 55.2. The molecule has 0 aliphatic heterocycles. The summed E-state index contributed by atoms with van der Waals surface area (Å²) in [4.78, 5) is 0. The number of furan rings is 1. The monoisotopic (exact) mass is 689 g/mol. The van der Waals surface area contributed by atoms with Gasteiger partial charge in [-0.15, -0.1) is 0 Å². The molecule has 0 aliphatic rings. The first kappa shape index (κ1) is 12.5. The van der Waals surface area contributed by atoms with Crippen LogP contribution in [0.25, 0.3) is 98.1 Å². The number of benzene rings is 10. The maximum absolute atomic E-state index is 9.88. The van der Waals surface area contributed by atoms with Crippen LogP contribution in [0.3, 0.4) is 0 Å². The fourth-order valence-corrected chi connectivity index (χ4v) is 6.78. The van der Waals surface area contributed by atoms with Crippen molar-refractivity contribution in [3.63, 3.8) is 0 Å². The van der Waals surface area contributed by atoms with Crippen molar-refractivity contribution in [3.05, 3.63) is 192 Å².